The van der Waals surface area contributed by atoms with Crippen LogP contribution in [0.4, 0.5) is 0 Å². The summed E-state index contributed by atoms with van der Waals surface area (Å²) in [6, 6.07) is 4.36. The summed E-state index contributed by atoms with van der Waals surface area (Å²) in [6.45, 7) is -0.289. The highest BCUT2D eigenvalue weighted by Crippen LogP contribution is 2.22. The largest absolute Gasteiger partial charge is 0.508 e. The van der Waals surface area contributed by atoms with Gasteiger partial charge < -0.3 is 10.2 Å². The molecule has 2 N–H and O–H groups in total. The summed E-state index contributed by atoms with van der Waals surface area (Å²) < 4.78 is -0.453. The van der Waals surface area contributed by atoms with Crippen LogP contribution in [-0.4, -0.2) is 19.7 Å². The fourth-order valence-electron chi connectivity index (χ4n) is 0.991. The second-order valence-electron chi connectivity index (χ2n) is 2.67. The van der Waals surface area contributed by atoms with Crippen molar-refractivity contribution < 1.29 is 15.0 Å². The fraction of sp³-hybridized carbons (Fsp3) is 0.222. The molecule has 0 saturated carbocycles. The number of halogens is 2. The molecule has 1 aromatic carbocycles. The maximum absolute atomic E-state index is 11.5. The van der Waals surface area contributed by atoms with E-state index >= 15 is 0 Å². The number of phenols is 1. The van der Waals surface area contributed by atoms with Crippen LogP contribution in [0.1, 0.15) is 15.9 Å². The number of hydrogen-bond donors (Lipinski definition) is 2. The van der Waals surface area contributed by atoms with Gasteiger partial charge in [0.1, 0.15) is 9.49 Å². The van der Waals surface area contributed by atoms with Crippen molar-refractivity contribution in [1.82, 2.24) is 0 Å². The Bertz CT molecular complexity index is 350. The van der Waals surface area contributed by atoms with Gasteiger partial charge in [0.05, 0.1) is 6.61 Å². The van der Waals surface area contributed by atoms with Gasteiger partial charge in [0.15, 0.2) is 5.78 Å². The van der Waals surface area contributed by atoms with Crippen molar-refractivity contribution in [3.8, 4) is 5.75 Å². The zero-order valence-electron chi connectivity index (χ0n) is 7.08. The van der Waals surface area contributed by atoms with Gasteiger partial charge in [-0.05, 0) is 18.2 Å². The molecule has 3 nitrogen and oxygen atoms in total. The minimum atomic E-state index is -0.453. The Labute approximate surface area is 98.0 Å². The van der Waals surface area contributed by atoms with Gasteiger partial charge in [-0.25, -0.2) is 0 Å². The van der Waals surface area contributed by atoms with Gasteiger partial charge in [0.25, 0.3) is 0 Å². The van der Waals surface area contributed by atoms with E-state index in [9.17, 15) is 9.90 Å². The predicted molar refractivity (Wildman–Crippen MR) is 60.0 cm³/mol. The molecule has 14 heavy (non-hydrogen) atoms. The van der Waals surface area contributed by atoms with E-state index in [1.54, 1.807) is 0 Å². The van der Waals surface area contributed by atoms with E-state index < -0.39 is 3.74 Å². The Morgan fingerprint density at radius 2 is 2.07 bits per heavy atom. The minimum absolute atomic E-state index is 0.00950. The van der Waals surface area contributed by atoms with E-state index in [1.165, 1.54) is 18.2 Å². The van der Waals surface area contributed by atoms with Gasteiger partial charge in [-0.2, -0.15) is 0 Å². The van der Waals surface area contributed by atoms with E-state index in [4.69, 9.17) is 5.11 Å². The zero-order chi connectivity index (χ0) is 10.7. The van der Waals surface area contributed by atoms with Gasteiger partial charge in [-0.15, -0.1) is 0 Å². The molecule has 0 aromatic heterocycles. The van der Waals surface area contributed by atoms with Gasteiger partial charge >= 0.3 is 0 Å². The van der Waals surface area contributed by atoms with Crippen LogP contribution in [0.2, 0.25) is 0 Å². The normalized spacial score (nSPS) is 10.6. The van der Waals surface area contributed by atoms with Crippen LogP contribution < -0.4 is 0 Å². The summed E-state index contributed by atoms with van der Waals surface area (Å²) in [7, 11) is 0. The van der Waals surface area contributed by atoms with Crippen molar-refractivity contribution in [2.45, 2.75) is 10.3 Å². The third kappa shape index (κ3) is 2.56. The highest BCUT2D eigenvalue weighted by Gasteiger charge is 2.14. The molecular weight excluding hydrogens is 316 g/mol. The molecule has 0 aliphatic rings. The summed E-state index contributed by atoms with van der Waals surface area (Å²) in [5.41, 5.74) is 0.780. The average Bonchev–Trinajstić information content (AvgIpc) is 2.17. The first kappa shape index (κ1) is 11.7. The first-order chi connectivity index (χ1) is 6.56. The van der Waals surface area contributed by atoms with Crippen molar-refractivity contribution in [1.29, 1.82) is 0 Å². The Hall–Kier alpha value is -0.390. The van der Waals surface area contributed by atoms with Gasteiger partial charge in [-0.1, -0.05) is 31.9 Å². The highest BCUT2D eigenvalue weighted by molar-refractivity contribution is 9.25. The summed E-state index contributed by atoms with van der Waals surface area (Å²) >= 11 is 6.17. The lowest BCUT2D eigenvalue weighted by molar-refractivity contribution is 0.101. The molecule has 0 radical (unpaired) electrons. The van der Waals surface area contributed by atoms with Crippen molar-refractivity contribution in [3.63, 3.8) is 0 Å². The van der Waals surface area contributed by atoms with Gasteiger partial charge in [0.2, 0.25) is 0 Å². The molecule has 76 valence electrons. The zero-order valence-corrected chi connectivity index (χ0v) is 10.2. The van der Waals surface area contributed by atoms with Crippen LogP contribution >= 0.6 is 31.9 Å². The van der Waals surface area contributed by atoms with Crippen LogP contribution in [0.25, 0.3) is 0 Å². The van der Waals surface area contributed by atoms with Crippen molar-refractivity contribution in [2.75, 3.05) is 0 Å². The van der Waals surface area contributed by atoms with Gasteiger partial charge in [0, 0.05) is 11.1 Å². The molecule has 0 fully saturated rings. The van der Waals surface area contributed by atoms with Gasteiger partial charge in [-0.3, -0.25) is 4.79 Å². The second kappa shape index (κ2) is 4.91. The highest BCUT2D eigenvalue weighted by atomic mass is 79.9. The standard InChI is InChI=1S/C9H8Br2O3/c10-9(11)8(14)5-1-2-7(13)6(3-5)4-12/h1-3,9,12-13H,4H2. The number of Topliss-reactive ketones (excluding diaryl/α,β-unsaturated/α-hetero) is 1. The number of rotatable bonds is 3. The lowest BCUT2D eigenvalue weighted by Crippen LogP contribution is -2.07. The van der Waals surface area contributed by atoms with E-state index in [0.29, 0.717) is 11.1 Å². The molecule has 0 aliphatic heterocycles. The van der Waals surface area contributed by atoms with Crippen molar-refractivity contribution >= 4 is 37.6 Å². The number of hydrogen-bond acceptors (Lipinski definition) is 3. The van der Waals surface area contributed by atoms with E-state index in [-0.39, 0.29) is 18.1 Å². The first-order valence-corrected chi connectivity index (χ1v) is 5.64. The molecule has 0 aliphatic carbocycles. The molecule has 0 heterocycles. The number of benzene rings is 1. The average molecular weight is 324 g/mol. The van der Waals surface area contributed by atoms with E-state index in [0.717, 1.165) is 0 Å². The van der Waals surface area contributed by atoms with Crippen molar-refractivity contribution in [2.24, 2.45) is 0 Å². The summed E-state index contributed by atoms with van der Waals surface area (Å²) in [4.78, 5) is 11.5. The van der Waals surface area contributed by atoms with Crippen LogP contribution in [0.3, 0.4) is 0 Å². The topological polar surface area (TPSA) is 57.5 Å². The van der Waals surface area contributed by atoms with Crippen LogP contribution in [0.5, 0.6) is 5.75 Å². The van der Waals surface area contributed by atoms with E-state index in [2.05, 4.69) is 31.9 Å². The Kier molecular flexibility index (Phi) is 4.10. The summed E-state index contributed by atoms with van der Waals surface area (Å²) in [5, 5.41) is 18.1. The Morgan fingerprint density at radius 1 is 1.43 bits per heavy atom. The minimum Gasteiger partial charge on any atom is -0.508 e. The quantitative estimate of drug-likeness (QED) is 0.662. The van der Waals surface area contributed by atoms with Crippen LogP contribution in [0.15, 0.2) is 18.2 Å². The summed E-state index contributed by atoms with van der Waals surface area (Å²) in [6.07, 6.45) is 0. The number of carbonyl (C=O) groups excluding carboxylic acids is 1. The van der Waals surface area contributed by atoms with E-state index in [1.807, 2.05) is 0 Å². The monoisotopic (exact) mass is 322 g/mol. The first-order valence-electron chi connectivity index (χ1n) is 3.81. The molecular formula is C9H8Br2O3. The molecule has 0 atom stereocenters. The lowest BCUT2D eigenvalue weighted by atomic mass is 10.1. The number of aliphatic hydroxyl groups is 1. The number of aromatic hydroxyl groups is 1. The molecule has 0 spiro atoms. The number of ketones is 1. The second-order valence-corrected chi connectivity index (χ2v) is 5.73. The SMILES string of the molecule is O=C(c1ccc(O)c(CO)c1)C(Br)Br. The third-order valence-electron chi connectivity index (χ3n) is 1.73. The summed E-state index contributed by atoms with van der Waals surface area (Å²) in [5.74, 6) is -0.163. The predicted octanol–water partition coefficient (Wildman–Crippen LogP) is 2.18. The molecule has 5 heteroatoms. The van der Waals surface area contributed by atoms with Crippen LogP contribution in [0, 0.1) is 0 Å². The smallest absolute Gasteiger partial charge is 0.187 e. The Balaban J connectivity index is 3.06. The molecule has 0 bridgehead atoms. The molecule has 0 amide bonds. The third-order valence-corrected chi connectivity index (χ3v) is 2.56. The number of alkyl halides is 2. The number of carbonyl (C=O) groups is 1. The fourth-order valence-corrected chi connectivity index (χ4v) is 1.52. The lowest BCUT2D eigenvalue weighted by Gasteiger charge is -2.05. The van der Waals surface area contributed by atoms with Crippen LogP contribution in [-0.2, 0) is 6.61 Å². The molecule has 1 aromatic rings. The maximum Gasteiger partial charge on any atom is 0.187 e. The molecule has 0 unspecified atom stereocenters. The number of aliphatic hydroxyl groups excluding tert-OH is 1. The van der Waals surface area contributed by atoms with Crippen molar-refractivity contribution in [3.05, 3.63) is 29.3 Å². The molecule has 1 rings (SSSR count). The molecule has 0 saturated heterocycles. The maximum atomic E-state index is 11.5. The Morgan fingerprint density at radius 3 is 2.57 bits per heavy atom.